The lowest BCUT2D eigenvalue weighted by Crippen LogP contribution is -2.49. The van der Waals surface area contributed by atoms with E-state index in [1.165, 1.54) is 13.8 Å². The number of alkyl carbamates (subject to hydrolysis) is 1. The lowest BCUT2D eigenvalue weighted by atomic mass is 9.98. The van der Waals surface area contributed by atoms with E-state index in [2.05, 4.69) is 10.6 Å². The van der Waals surface area contributed by atoms with Crippen LogP contribution < -0.4 is 10.6 Å². The number of rotatable bonds is 6. The van der Waals surface area contributed by atoms with Gasteiger partial charge in [-0.15, -0.1) is 0 Å². The van der Waals surface area contributed by atoms with Gasteiger partial charge in [-0.05, 0) is 36.1 Å². The number of hydrogen-bond donors (Lipinski definition) is 3. The Bertz CT molecular complexity index is 866. The maximum Gasteiger partial charge on any atom is 0.407 e. The highest BCUT2D eigenvalue weighted by atomic mass is 16.5. The van der Waals surface area contributed by atoms with Crippen LogP contribution in [0.5, 0.6) is 0 Å². The maximum absolute atomic E-state index is 12.1. The van der Waals surface area contributed by atoms with E-state index in [0.717, 1.165) is 22.3 Å². The van der Waals surface area contributed by atoms with Gasteiger partial charge in [0.15, 0.2) is 0 Å². The molecule has 0 saturated heterocycles. The van der Waals surface area contributed by atoms with E-state index in [0.29, 0.717) is 0 Å². The Labute approximate surface area is 162 Å². The van der Waals surface area contributed by atoms with E-state index < -0.39 is 30.1 Å². The first-order chi connectivity index (χ1) is 13.4. The molecule has 146 valence electrons. The van der Waals surface area contributed by atoms with Crippen LogP contribution in [0.25, 0.3) is 11.1 Å². The van der Waals surface area contributed by atoms with Gasteiger partial charge in [0.05, 0.1) is 0 Å². The number of hydrogen-bond acceptors (Lipinski definition) is 4. The predicted molar refractivity (Wildman–Crippen MR) is 103 cm³/mol. The monoisotopic (exact) mass is 382 g/mol. The van der Waals surface area contributed by atoms with Crippen molar-refractivity contribution in [1.82, 2.24) is 10.6 Å². The number of carbonyl (C=O) groups is 3. The van der Waals surface area contributed by atoms with Crippen LogP contribution in [-0.2, 0) is 14.3 Å². The van der Waals surface area contributed by atoms with E-state index in [-0.39, 0.29) is 12.5 Å². The Kier molecular flexibility index (Phi) is 5.63. The van der Waals surface area contributed by atoms with E-state index >= 15 is 0 Å². The van der Waals surface area contributed by atoms with Gasteiger partial charge >= 0.3 is 12.1 Å². The summed E-state index contributed by atoms with van der Waals surface area (Å²) in [6.45, 7) is 2.95. The second kappa shape index (κ2) is 8.12. The first-order valence-corrected chi connectivity index (χ1v) is 9.03. The third-order valence-corrected chi connectivity index (χ3v) is 4.80. The summed E-state index contributed by atoms with van der Waals surface area (Å²) in [5.74, 6) is -1.82. The van der Waals surface area contributed by atoms with Crippen LogP contribution in [-0.4, -0.2) is 41.8 Å². The van der Waals surface area contributed by atoms with Crippen molar-refractivity contribution < 1.29 is 24.2 Å². The van der Waals surface area contributed by atoms with Crippen molar-refractivity contribution in [2.45, 2.75) is 31.8 Å². The van der Waals surface area contributed by atoms with Crippen LogP contribution in [0.2, 0.25) is 0 Å². The molecule has 28 heavy (non-hydrogen) atoms. The van der Waals surface area contributed by atoms with Crippen molar-refractivity contribution in [1.29, 1.82) is 0 Å². The minimum atomic E-state index is -1.15. The Morgan fingerprint density at radius 3 is 2.00 bits per heavy atom. The molecule has 1 aliphatic carbocycles. The quantitative estimate of drug-likeness (QED) is 0.712. The number of carboxylic acids is 1. The Morgan fingerprint density at radius 2 is 1.46 bits per heavy atom. The first-order valence-electron chi connectivity index (χ1n) is 9.03. The molecule has 3 rings (SSSR count). The molecule has 0 aromatic heterocycles. The molecule has 2 atom stereocenters. The van der Waals surface area contributed by atoms with E-state index in [1.807, 2.05) is 48.5 Å². The zero-order chi connectivity index (χ0) is 20.3. The normalized spacial score (nSPS) is 14.4. The molecule has 0 spiro atoms. The highest BCUT2D eigenvalue weighted by Crippen LogP contribution is 2.44. The molecule has 7 nitrogen and oxygen atoms in total. The first kappa shape index (κ1) is 19.4. The molecule has 2 aromatic carbocycles. The van der Waals surface area contributed by atoms with Gasteiger partial charge in [-0.2, -0.15) is 0 Å². The number of nitrogens with one attached hydrogen (secondary N) is 2. The van der Waals surface area contributed by atoms with Crippen LogP contribution in [0.15, 0.2) is 48.5 Å². The van der Waals surface area contributed by atoms with Gasteiger partial charge in [-0.1, -0.05) is 48.5 Å². The highest BCUT2D eigenvalue weighted by Gasteiger charge is 2.29. The SMILES string of the molecule is CC(NC(=O)[C@H](C)NC(=O)OCC1c2ccccc2-c2ccccc21)C(=O)O. The van der Waals surface area contributed by atoms with Crippen LogP contribution in [0.4, 0.5) is 4.79 Å². The summed E-state index contributed by atoms with van der Waals surface area (Å²) < 4.78 is 5.37. The van der Waals surface area contributed by atoms with Crippen LogP contribution >= 0.6 is 0 Å². The van der Waals surface area contributed by atoms with Gasteiger partial charge in [0.25, 0.3) is 0 Å². The number of amides is 2. The van der Waals surface area contributed by atoms with Crippen molar-refractivity contribution in [2.75, 3.05) is 6.61 Å². The van der Waals surface area contributed by atoms with Crippen LogP contribution in [0.1, 0.15) is 30.9 Å². The minimum absolute atomic E-state index is 0.0747. The molecule has 0 heterocycles. The maximum atomic E-state index is 12.1. The van der Waals surface area contributed by atoms with E-state index in [1.54, 1.807) is 0 Å². The van der Waals surface area contributed by atoms with Gasteiger partial charge in [0.2, 0.25) is 5.91 Å². The average Bonchev–Trinajstić information content (AvgIpc) is 3.00. The molecule has 2 aromatic rings. The average molecular weight is 382 g/mol. The fourth-order valence-corrected chi connectivity index (χ4v) is 3.28. The smallest absolute Gasteiger partial charge is 0.407 e. The Balaban J connectivity index is 1.61. The van der Waals surface area contributed by atoms with Gasteiger partial charge in [0, 0.05) is 5.92 Å². The molecule has 1 unspecified atom stereocenters. The summed E-state index contributed by atoms with van der Waals surface area (Å²) in [7, 11) is 0. The zero-order valence-corrected chi connectivity index (χ0v) is 15.6. The lowest BCUT2D eigenvalue weighted by Gasteiger charge is -2.18. The highest BCUT2D eigenvalue weighted by molar-refractivity contribution is 5.88. The number of ether oxygens (including phenoxy) is 1. The molecular formula is C21H22N2O5. The molecule has 2 amide bonds. The molecule has 0 aliphatic heterocycles. The zero-order valence-electron chi connectivity index (χ0n) is 15.6. The van der Waals surface area contributed by atoms with Gasteiger partial charge in [-0.25, -0.2) is 4.79 Å². The summed E-state index contributed by atoms with van der Waals surface area (Å²) >= 11 is 0. The van der Waals surface area contributed by atoms with Crippen LogP contribution in [0.3, 0.4) is 0 Å². The van der Waals surface area contributed by atoms with E-state index in [9.17, 15) is 14.4 Å². The predicted octanol–water partition coefficient (Wildman–Crippen LogP) is 2.50. The molecule has 0 fully saturated rings. The topological polar surface area (TPSA) is 105 Å². The number of aliphatic carboxylic acids is 1. The summed E-state index contributed by atoms with van der Waals surface area (Å²) in [4.78, 5) is 34.9. The van der Waals surface area contributed by atoms with Gasteiger partial charge < -0.3 is 20.5 Å². The fourth-order valence-electron chi connectivity index (χ4n) is 3.28. The number of carbonyl (C=O) groups excluding carboxylic acids is 2. The second-order valence-electron chi connectivity index (χ2n) is 6.76. The van der Waals surface area contributed by atoms with Crippen molar-refractivity contribution in [3.63, 3.8) is 0 Å². The molecule has 3 N–H and O–H groups in total. The lowest BCUT2D eigenvalue weighted by molar-refractivity contribution is -0.141. The van der Waals surface area contributed by atoms with Crippen LogP contribution in [0, 0.1) is 0 Å². The number of fused-ring (bicyclic) bond motifs is 3. The largest absolute Gasteiger partial charge is 0.480 e. The standard InChI is InChI=1S/C21H22N2O5/c1-12(19(24)22-13(2)20(25)26)23-21(27)28-11-18-16-9-5-3-7-14(16)15-8-4-6-10-17(15)18/h3-10,12-13,18H,11H2,1-2H3,(H,22,24)(H,23,27)(H,25,26)/t12-,13?/m0/s1. The third-order valence-electron chi connectivity index (χ3n) is 4.80. The fraction of sp³-hybridized carbons (Fsp3) is 0.286. The minimum Gasteiger partial charge on any atom is -0.480 e. The van der Waals surface area contributed by atoms with Crippen molar-refractivity contribution in [3.05, 3.63) is 59.7 Å². The van der Waals surface area contributed by atoms with Crippen molar-refractivity contribution in [3.8, 4) is 11.1 Å². The number of carboxylic acid groups (broad SMARTS) is 1. The van der Waals surface area contributed by atoms with Gasteiger partial charge in [0.1, 0.15) is 18.7 Å². The Morgan fingerprint density at radius 1 is 0.929 bits per heavy atom. The summed E-state index contributed by atoms with van der Waals surface area (Å²) in [6, 6.07) is 14.0. The molecule has 1 aliphatic rings. The van der Waals surface area contributed by atoms with Crippen molar-refractivity contribution in [2.24, 2.45) is 0 Å². The molecule has 0 bridgehead atoms. The summed E-state index contributed by atoms with van der Waals surface area (Å²) in [5.41, 5.74) is 4.44. The molecule has 7 heteroatoms. The summed E-state index contributed by atoms with van der Waals surface area (Å²) in [5, 5.41) is 13.6. The second-order valence-corrected chi connectivity index (χ2v) is 6.76. The number of benzene rings is 2. The molecule has 0 radical (unpaired) electrons. The molecular weight excluding hydrogens is 360 g/mol. The summed E-state index contributed by atoms with van der Waals surface area (Å²) in [6.07, 6.45) is -0.729. The van der Waals surface area contributed by atoms with Crippen molar-refractivity contribution >= 4 is 18.0 Å². The Hall–Kier alpha value is -3.35. The van der Waals surface area contributed by atoms with E-state index in [4.69, 9.17) is 9.84 Å². The molecule has 0 saturated carbocycles. The third kappa shape index (κ3) is 3.98. The van der Waals surface area contributed by atoms with Gasteiger partial charge in [-0.3, -0.25) is 9.59 Å².